The second-order valence-electron chi connectivity index (χ2n) is 8.60. The average Bonchev–Trinajstić information content (AvgIpc) is 3.36. The maximum Gasteiger partial charge on any atom is 0.224 e. The van der Waals surface area contributed by atoms with Crippen molar-refractivity contribution in [2.45, 2.75) is 51.0 Å². The standard InChI is InChI=1S/C24H27N5O/c1-18-9-14-29(27-18)15-10-21(30)28-13-5-11-24(17-28)12-8-20-16-25-23(26-22(20)24)19-6-3-2-4-7-19/h2-4,6-7,9,14,16H,5,8,10-13,15,17H2,1H3. The Balaban J connectivity index is 1.35. The lowest BCUT2D eigenvalue weighted by molar-refractivity contribution is -0.133. The Kier molecular flexibility index (Phi) is 4.85. The van der Waals surface area contributed by atoms with Crippen molar-refractivity contribution in [1.82, 2.24) is 24.6 Å². The number of nitrogens with zero attached hydrogens (tertiary/aromatic N) is 5. The molecule has 2 aromatic heterocycles. The molecule has 0 N–H and O–H groups in total. The van der Waals surface area contributed by atoms with Gasteiger partial charge in [-0.05, 0) is 44.2 Å². The van der Waals surface area contributed by atoms with Gasteiger partial charge in [0.1, 0.15) is 0 Å². The van der Waals surface area contributed by atoms with Crippen molar-refractivity contribution < 1.29 is 4.79 Å². The summed E-state index contributed by atoms with van der Waals surface area (Å²) < 4.78 is 1.86. The molecule has 6 heteroatoms. The van der Waals surface area contributed by atoms with Gasteiger partial charge in [-0.1, -0.05) is 30.3 Å². The number of fused-ring (bicyclic) bond motifs is 2. The Morgan fingerprint density at radius 2 is 2.03 bits per heavy atom. The third-order valence-corrected chi connectivity index (χ3v) is 6.53. The van der Waals surface area contributed by atoms with Gasteiger partial charge in [0.05, 0.1) is 11.4 Å². The van der Waals surface area contributed by atoms with Crippen LogP contribution in [-0.4, -0.2) is 43.6 Å². The minimum Gasteiger partial charge on any atom is -0.342 e. The Hall–Kier alpha value is -3.02. The van der Waals surface area contributed by atoms with E-state index in [2.05, 4.69) is 27.1 Å². The second-order valence-corrected chi connectivity index (χ2v) is 8.60. The predicted molar refractivity (Wildman–Crippen MR) is 115 cm³/mol. The van der Waals surface area contributed by atoms with E-state index in [-0.39, 0.29) is 11.3 Å². The van der Waals surface area contributed by atoms with Gasteiger partial charge >= 0.3 is 0 Å². The van der Waals surface area contributed by atoms with Crippen molar-refractivity contribution in [3.63, 3.8) is 0 Å². The van der Waals surface area contributed by atoms with Gasteiger partial charge in [0.15, 0.2) is 5.82 Å². The molecule has 154 valence electrons. The molecule has 1 atom stereocenters. The van der Waals surface area contributed by atoms with Crippen molar-refractivity contribution in [1.29, 1.82) is 0 Å². The van der Waals surface area contributed by atoms with E-state index >= 15 is 0 Å². The van der Waals surface area contributed by atoms with Gasteiger partial charge in [-0.25, -0.2) is 9.97 Å². The summed E-state index contributed by atoms with van der Waals surface area (Å²) in [6.07, 6.45) is 8.60. The second kappa shape index (κ2) is 7.67. The van der Waals surface area contributed by atoms with E-state index in [4.69, 9.17) is 4.98 Å². The van der Waals surface area contributed by atoms with Crippen LogP contribution in [0.2, 0.25) is 0 Å². The van der Waals surface area contributed by atoms with Crippen LogP contribution in [-0.2, 0) is 23.2 Å². The molecule has 1 unspecified atom stereocenters. The predicted octanol–water partition coefficient (Wildman–Crippen LogP) is 3.55. The van der Waals surface area contributed by atoms with Gasteiger partial charge in [0.2, 0.25) is 5.91 Å². The van der Waals surface area contributed by atoms with Crippen molar-refractivity contribution in [2.75, 3.05) is 13.1 Å². The molecule has 3 aromatic rings. The number of benzene rings is 1. The minimum absolute atomic E-state index is 0.0298. The lowest BCUT2D eigenvalue weighted by Gasteiger charge is -2.40. The molecule has 1 saturated heterocycles. The summed E-state index contributed by atoms with van der Waals surface area (Å²) in [5.74, 6) is 1.00. The number of piperidine rings is 1. The van der Waals surface area contributed by atoms with Crippen LogP contribution in [0.4, 0.5) is 0 Å². The highest BCUT2D eigenvalue weighted by Gasteiger charge is 2.44. The molecule has 3 heterocycles. The van der Waals surface area contributed by atoms with Crippen molar-refractivity contribution in [3.8, 4) is 11.4 Å². The number of carbonyl (C=O) groups excluding carboxylic acids is 1. The molecule has 1 amide bonds. The quantitative estimate of drug-likeness (QED) is 0.671. The molecule has 30 heavy (non-hydrogen) atoms. The topological polar surface area (TPSA) is 63.9 Å². The van der Waals surface area contributed by atoms with Gasteiger partial charge in [-0.2, -0.15) is 5.10 Å². The third kappa shape index (κ3) is 3.51. The van der Waals surface area contributed by atoms with Crippen LogP contribution in [0.3, 0.4) is 0 Å². The van der Waals surface area contributed by atoms with Gasteiger partial charge in [-0.3, -0.25) is 9.48 Å². The van der Waals surface area contributed by atoms with E-state index in [1.54, 1.807) is 0 Å². The number of aromatic nitrogens is 4. The zero-order chi connectivity index (χ0) is 20.6. The van der Waals surface area contributed by atoms with Crippen molar-refractivity contribution in [2.24, 2.45) is 0 Å². The Morgan fingerprint density at radius 3 is 2.83 bits per heavy atom. The molecule has 5 rings (SSSR count). The number of hydrogen-bond donors (Lipinski definition) is 0. The van der Waals surface area contributed by atoms with Crippen LogP contribution in [0, 0.1) is 6.92 Å². The summed E-state index contributed by atoms with van der Waals surface area (Å²) in [5, 5.41) is 4.40. The highest BCUT2D eigenvalue weighted by Crippen LogP contribution is 2.44. The van der Waals surface area contributed by atoms with E-state index in [0.717, 1.165) is 61.5 Å². The Labute approximate surface area is 177 Å². The highest BCUT2D eigenvalue weighted by molar-refractivity contribution is 5.76. The van der Waals surface area contributed by atoms with Crippen LogP contribution >= 0.6 is 0 Å². The van der Waals surface area contributed by atoms with E-state index in [9.17, 15) is 4.79 Å². The first kappa shape index (κ1) is 19.0. The van der Waals surface area contributed by atoms with Crippen LogP contribution in [0.1, 0.15) is 42.6 Å². The largest absolute Gasteiger partial charge is 0.342 e. The first-order valence-corrected chi connectivity index (χ1v) is 10.8. The summed E-state index contributed by atoms with van der Waals surface area (Å²) in [4.78, 5) is 24.7. The summed E-state index contributed by atoms with van der Waals surface area (Å²) >= 11 is 0. The fraction of sp³-hybridized carbons (Fsp3) is 0.417. The van der Waals surface area contributed by atoms with Crippen molar-refractivity contribution >= 4 is 5.91 Å². The monoisotopic (exact) mass is 401 g/mol. The molecule has 1 fully saturated rings. The summed E-state index contributed by atoms with van der Waals surface area (Å²) in [7, 11) is 0. The van der Waals surface area contributed by atoms with Gasteiger partial charge in [0.25, 0.3) is 0 Å². The fourth-order valence-electron chi connectivity index (χ4n) is 4.97. The zero-order valence-corrected chi connectivity index (χ0v) is 17.4. The van der Waals surface area contributed by atoms with Crippen LogP contribution in [0.15, 0.2) is 48.8 Å². The van der Waals surface area contributed by atoms with Crippen LogP contribution in [0.25, 0.3) is 11.4 Å². The zero-order valence-electron chi connectivity index (χ0n) is 17.4. The lowest BCUT2D eigenvalue weighted by atomic mass is 9.77. The van der Waals surface area contributed by atoms with E-state index in [1.807, 2.05) is 48.3 Å². The Morgan fingerprint density at radius 1 is 1.17 bits per heavy atom. The van der Waals surface area contributed by atoms with E-state index in [1.165, 1.54) is 5.56 Å². The van der Waals surface area contributed by atoms with Gasteiger partial charge in [-0.15, -0.1) is 0 Å². The number of amides is 1. The van der Waals surface area contributed by atoms with Gasteiger partial charge in [0, 0.05) is 49.4 Å². The molecular weight excluding hydrogens is 374 g/mol. The molecular formula is C24H27N5O. The Bertz CT molecular complexity index is 1060. The summed E-state index contributed by atoms with van der Waals surface area (Å²) in [6.45, 7) is 4.20. The number of carbonyl (C=O) groups is 1. The lowest BCUT2D eigenvalue weighted by Crippen LogP contribution is -2.48. The first-order chi connectivity index (χ1) is 14.6. The molecule has 6 nitrogen and oxygen atoms in total. The number of rotatable bonds is 4. The third-order valence-electron chi connectivity index (χ3n) is 6.53. The maximum atomic E-state index is 13.0. The minimum atomic E-state index is -0.0298. The van der Waals surface area contributed by atoms with E-state index < -0.39 is 0 Å². The van der Waals surface area contributed by atoms with Gasteiger partial charge < -0.3 is 4.90 Å². The number of aryl methyl sites for hydroxylation is 3. The molecule has 1 spiro atoms. The molecule has 0 saturated carbocycles. The molecule has 0 bridgehead atoms. The van der Waals surface area contributed by atoms with Crippen molar-refractivity contribution in [3.05, 3.63) is 65.7 Å². The normalized spacial score (nSPS) is 20.5. The fourth-order valence-corrected chi connectivity index (χ4v) is 4.97. The average molecular weight is 402 g/mol. The van der Waals surface area contributed by atoms with Crippen LogP contribution in [0.5, 0.6) is 0 Å². The molecule has 0 radical (unpaired) electrons. The molecule has 1 aliphatic heterocycles. The SMILES string of the molecule is Cc1ccn(CCC(=O)N2CCCC3(CCc4cnc(-c5ccccc5)nc43)C2)n1. The van der Waals surface area contributed by atoms with E-state index in [0.29, 0.717) is 13.0 Å². The molecule has 1 aromatic carbocycles. The molecule has 2 aliphatic rings. The first-order valence-electron chi connectivity index (χ1n) is 10.8. The summed E-state index contributed by atoms with van der Waals surface area (Å²) in [6, 6.07) is 12.1. The maximum absolute atomic E-state index is 13.0. The number of hydrogen-bond acceptors (Lipinski definition) is 4. The highest BCUT2D eigenvalue weighted by atomic mass is 16.2. The van der Waals surface area contributed by atoms with Crippen LogP contribution < -0.4 is 0 Å². The molecule has 1 aliphatic carbocycles. The summed E-state index contributed by atoms with van der Waals surface area (Å²) in [5.41, 5.74) is 4.40. The number of likely N-dealkylation sites (tertiary alicyclic amines) is 1. The smallest absolute Gasteiger partial charge is 0.224 e.